The van der Waals surface area contributed by atoms with Crippen LogP contribution in [-0.2, 0) is 11.8 Å². The lowest BCUT2D eigenvalue weighted by atomic mass is 9.96. The number of nitrogens with one attached hydrogen (secondary N) is 2. The van der Waals surface area contributed by atoms with Crippen LogP contribution >= 0.6 is 12.2 Å². The predicted molar refractivity (Wildman–Crippen MR) is 133 cm³/mol. The number of pyridine rings is 1. The maximum atomic E-state index is 11.9. The van der Waals surface area contributed by atoms with Crippen molar-refractivity contribution >= 4 is 34.6 Å². The molecule has 32 heavy (non-hydrogen) atoms. The fraction of sp³-hybridized carbons (Fsp3) is 0.320. The summed E-state index contributed by atoms with van der Waals surface area (Å²) in [5.41, 5.74) is 7.37. The van der Waals surface area contributed by atoms with Gasteiger partial charge in [0.25, 0.3) is 0 Å². The third-order valence-electron chi connectivity index (χ3n) is 6.31. The van der Waals surface area contributed by atoms with Crippen molar-refractivity contribution in [3.05, 3.63) is 76.9 Å². The Morgan fingerprint density at radius 3 is 2.56 bits per heavy atom. The molecule has 0 radical (unpaired) electrons. The van der Waals surface area contributed by atoms with Crippen molar-refractivity contribution in [2.75, 3.05) is 10.2 Å². The molecule has 166 valence electrons. The van der Waals surface area contributed by atoms with Gasteiger partial charge >= 0.3 is 0 Å². The highest BCUT2D eigenvalue weighted by atomic mass is 32.1. The highest BCUT2D eigenvalue weighted by Crippen LogP contribution is 2.43. The molecule has 1 amide bonds. The summed E-state index contributed by atoms with van der Waals surface area (Å²) < 4.78 is 2.21. The van der Waals surface area contributed by atoms with E-state index < -0.39 is 0 Å². The van der Waals surface area contributed by atoms with Crippen molar-refractivity contribution in [2.24, 2.45) is 7.05 Å². The molecule has 2 N–H and O–H groups in total. The number of anilines is 2. The van der Waals surface area contributed by atoms with E-state index in [1.807, 2.05) is 50.4 Å². The molecule has 4 rings (SSSR count). The Kier molecular flexibility index (Phi) is 6.02. The first-order chi connectivity index (χ1) is 15.3. The van der Waals surface area contributed by atoms with Gasteiger partial charge in [0.15, 0.2) is 5.11 Å². The number of amides is 1. The molecule has 1 aliphatic heterocycles. The maximum absolute atomic E-state index is 11.9. The summed E-state index contributed by atoms with van der Waals surface area (Å²) in [5, 5.41) is 7.14. The van der Waals surface area contributed by atoms with Crippen LogP contribution in [0.3, 0.4) is 0 Å². The largest absolute Gasteiger partial charge is 0.352 e. The molecule has 0 unspecified atom stereocenters. The molecule has 7 heteroatoms. The lowest BCUT2D eigenvalue weighted by Gasteiger charge is -2.28. The van der Waals surface area contributed by atoms with Gasteiger partial charge in [0.05, 0.1) is 17.8 Å². The van der Waals surface area contributed by atoms with Crippen molar-refractivity contribution in [3.63, 3.8) is 0 Å². The van der Waals surface area contributed by atoms with Gasteiger partial charge in [0.1, 0.15) is 0 Å². The summed E-state index contributed by atoms with van der Waals surface area (Å²) in [4.78, 5) is 18.7. The minimum Gasteiger partial charge on any atom is -0.352 e. The third-order valence-corrected chi connectivity index (χ3v) is 6.63. The van der Waals surface area contributed by atoms with Crippen LogP contribution in [0.4, 0.5) is 11.4 Å². The third kappa shape index (κ3) is 3.88. The van der Waals surface area contributed by atoms with Crippen LogP contribution in [0.1, 0.15) is 53.6 Å². The van der Waals surface area contributed by atoms with E-state index in [-0.39, 0.29) is 18.0 Å². The van der Waals surface area contributed by atoms with Crippen molar-refractivity contribution in [1.82, 2.24) is 14.9 Å². The molecular formula is C25H29N5OS. The normalized spacial score (nSPS) is 18.0. The number of aromatic nitrogens is 2. The topological polar surface area (TPSA) is 62.2 Å². The number of benzene rings is 1. The number of hydrogen-bond donors (Lipinski definition) is 2. The summed E-state index contributed by atoms with van der Waals surface area (Å²) in [7, 11) is 2.09. The Balaban J connectivity index is 1.81. The van der Waals surface area contributed by atoms with Crippen LogP contribution in [0.15, 0.2) is 48.7 Å². The van der Waals surface area contributed by atoms with Crippen LogP contribution in [0.5, 0.6) is 0 Å². The second-order valence-electron chi connectivity index (χ2n) is 8.28. The lowest BCUT2D eigenvalue weighted by molar-refractivity contribution is -0.115. The maximum Gasteiger partial charge on any atom is 0.224 e. The van der Waals surface area contributed by atoms with Crippen molar-refractivity contribution < 1.29 is 4.79 Å². The van der Waals surface area contributed by atoms with E-state index in [9.17, 15) is 4.79 Å². The number of thiocarbonyl (C=S) groups is 1. The summed E-state index contributed by atoms with van der Waals surface area (Å²) >= 11 is 5.83. The average Bonchev–Trinajstić information content (AvgIpc) is 3.26. The van der Waals surface area contributed by atoms with Crippen molar-refractivity contribution in [2.45, 2.75) is 46.2 Å². The van der Waals surface area contributed by atoms with E-state index >= 15 is 0 Å². The molecule has 0 aliphatic carbocycles. The number of rotatable bonds is 5. The van der Waals surface area contributed by atoms with Gasteiger partial charge in [-0.15, -0.1) is 0 Å². The molecule has 1 saturated heterocycles. The number of carbonyl (C=O) groups is 1. The highest BCUT2D eigenvalue weighted by Gasteiger charge is 2.42. The minimum atomic E-state index is -0.0797. The average molecular weight is 448 g/mol. The van der Waals surface area contributed by atoms with Gasteiger partial charge in [-0.05, 0) is 80.5 Å². The molecule has 0 saturated carbocycles. The Hall–Kier alpha value is -3.19. The molecule has 1 fully saturated rings. The molecule has 6 nitrogen and oxygen atoms in total. The highest BCUT2D eigenvalue weighted by molar-refractivity contribution is 7.80. The summed E-state index contributed by atoms with van der Waals surface area (Å²) in [6.45, 7) is 8.11. The summed E-state index contributed by atoms with van der Waals surface area (Å²) in [6, 6.07) is 14.1. The zero-order valence-corrected chi connectivity index (χ0v) is 20.0. The fourth-order valence-corrected chi connectivity index (χ4v) is 4.66. The van der Waals surface area contributed by atoms with E-state index in [1.165, 1.54) is 17.0 Å². The first-order valence-electron chi connectivity index (χ1n) is 10.9. The van der Waals surface area contributed by atoms with Crippen LogP contribution in [-0.4, -0.2) is 20.6 Å². The first-order valence-corrected chi connectivity index (χ1v) is 11.3. The predicted octanol–water partition coefficient (Wildman–Crippen LogP) is 4.87. The van der Waals surface area contributed by atoms with Crippen LogP contribution in [0, 0.1) is 20.8 Å². The van der Waals surface area contributed by atoms with Gasteiger partial charge in [-0.1, -0.05) is 13.0 Å². The standard InChI is InChI=1S/C25H29N5OS/c1-6-22(31)27-20-11-10-18(13-15(20)2)30-24(19-14-16(3)29(5)17(19)4)23(28-25(30)32)21-9-7-8-12-26-21/h7-14,23-24H,6H2,1-5H3,(H,27,31)(H,28,32)/t23-,24-/m0/s1. The molecule has 3 aromatic rings. The summed E-state index contributed by atoms with van der Waals surface area (Å²) in [6.07, 6.45) is 2.26. The quantitative estimate of drug-likeness (QED) is 0.547. The van der Waals surface area contributed by atoms with E-state index in [1.54, 1.807) is 0 Å². The van der Waals surface area contributed by atoms with Crippen molar-refractivity contribution in [3.8, 4) is 0 Å². The van der Waals surface area contributed by atoms with Gasteiger partial charge in [-0.2, -0.15) is 0 Å². The molecule has 1 aromatic carbocycles. The Bertz CT molecular complexity index is 1170. The number of carbonyl (C=O) groups excluding carboxylic acids is 1. The Morgan fingerprint density at radius 2 is 1.97 bits per heavy atom. The Labute approximate surface area is 194 Å². The SMILES string of the molecule is CCC(=O)Nc1ccc(N2C(=S)N[C@@H](c3ccccn3)[C@@H]2c2cc(C)n(C)c2C)cc1C. The molecule has 0 spiro atoms. The van der Waals surface area contributed by atoms with Crippen LogP contribution in [0.25, 0.3) is 0 Å². The van der Waals surface area contributed by atoms with Gasteiger partial charge in [0.2, 0.25) is 5.91 Å². The zero-order chi connectivity index (χ0) is 23.0. The zero-order valence-electron chi connectivity index (χ0n) is 19.1. The van der Waals surface area contributed by atoms with Gasteiger partial charge in [-0.3, -0.25) is 9.78 Å². The molecular weight excluding hydrogens is 418 g/mol. The number of aryl methyl sites for hydroxylation is 2. The van der Waals surface area contributed by atoms with E-state index in [4.69, 9.17) is 12.2 Å². The first kappa shape index (κ1) is 22.0. The molecule has 2 atom stereocenters. The summed E-state index contributed by atoms with van der Waals surface area (Å²) in [5.74, 6) is 0.00249. The number of nitrogens with zero attached hydrogens (tertiary/aromatic N) is 3. The van der Waals surface area contributed by atoms with Crippen LogP contribution in [0.2, 0.25) is 0 Å². The fourth-order valence-electron chi connectivity index (χ4n) is 4.31. The molecule has 2 aromatic heterocycles. The molecule has 3 heterocycles. The minimum absolute atomic E-state index is 0.00249. The second-order valence-corrected chi connectivity index (χ2v) is 8.67. The smallest absolute Gasteiger partial charge is 0.224 e. The Morgan fingerprint density at radius 1 is 1.19 bits per heavy atom. The van der Waals surface area contributed by atoms with E-state index in [2.05, 4.69) is 58.1 Å². The molecule has 1 aliphatic rings. The monoisotopic (exact) mass is 447 g/mol. The van der Waals surface area contributed by atoms with Crippen molar-refractivity contribution in [1.29, 1.82) is 0 Å². The van der Waals surface area contributed by atoms with Gasteiger partial charge in [-0.25, -0.2) is 0 Å². The second kappa shape index (κ2) is 8.74. The van der Waals surface area contributed by atoms with E-state index in [0.717, 1.165) is 22.6 Å². The molecule has 0 bridgehead atoms. The van der Waals surface area contributed by atoms with Gasteiger partial charge in [0, 0.05) is 42.4 Å². The van der Waals surface area contributed by atoms with Crippen LogP contribution < -0.4 is 15.5 Å². The van der Waals surface area contributed by atoms with Gasteiger partial charge < -0.3 is 20.1 Å². The number of hydrogen-bond acceptors (Lipinski definition) is 3. The van der Waals surface area contributed by atoms with E-state index in [0.29, 0.717) is 11.5 Å². The lowest BCUT2D eigenvalue weighted by Crippen LogP contribution is -2.29.